The molecule has 3 fully saturated rings. The number of amides is 1. The minimum absolute atomic E-state index is 0.108. The first-order valence-electron chi connectivity index (χ1n) is 13.5. The van der Waals surface area contributed by atoms with Crippen molar-refractivity contribution in [2.24, 2.45) is 11.7 Å². The Hall–Kier alpha value is -2.08. The van der Waals surface area contributed by atoms with Gasteiger partial charge in [-0.25, -0.2) is 8.42 Å². The second kappa shape index (κ2) is 11.4. The fourth-order valence-electron chi connectivity index (χ4n) is 6.18. The highest BCUT2D eigenvalue weighted by molar-refractivity contribution is 9.10. The van der Waals surface area contributed by atoms with Crippen LogP contribution in [0.3, 0.4) is 0 Å². The van der Waals surface area contributed by atoms with Crippen molar-refractivity contribution in [1.29, 1.82) is 0 Å². The number of benzene rings is 2. The Kier molecular flexibility index (Phi) is 8.33. The van der Waals surface area contributed by atoms with Gasteiger partial charge in [0, 0.05) is 28.2 Å². The van der Waals surface area contributed by atoms with Crippen molar-refractivity contribution in [2.45, 2.75) is 86.4 Å². The van der Waals surface area contributed by atoms with E-state index in [0.717, 1.165) is 12.8 Å². The van der Waals surface area contributed by atoms with E-state index < -0.39 is 33.5 Å². The van der Waals surface area contributed by atoms with Crippen molar-refractivity contribution in [3.05, 3.63) is 58.6 Å². The molecule has 2 heterocycles. The molecule has 7 nitrogen and oxygen atoms in total. The van der Waals surface area contributed by atoms with Gasteiger partial charge in [-0.05, 0) is 80.8 Å². The number of hydrogen-bond donors (Lipinski definition) is 2. The highest BCUT2D eigenvalue weighted by Gasteiger charge is 2.53. The molecule has 2 aromatic rings. The molecule has 3 aliphatic rings. The number of rotatable bonds is 9. The minimum Gasteiger partial charge on any atom is -0.493 e. The molecule has 2 aromatic carbocycles. The number of fused-ring (bicyclic) bond motifs is 2. The standard InChI is InChI=1S/C28H34BrF2N3O4S/c29-20-7-5-19(6-8-20)28(30,31)26(27(35)34-22-9-10-23(34)16-21(32)15-22)33-39(36,37)25-13-11-24(12-14-25)38-17-18-3-1-2-4-18/h5-8,11-14,18,21-23,26,33H,1-4,9-10,15-17,32H2. The number of nitrogens with zero attached hydrogens (tertiary/aromatic N) is 1. The molecular weight excluding hydrogens is 592 g/mol. The van der Waals surface area contributed by atoms with Crippen molar-refractivity contribution in [3.8, 4) is 5.75 Å². The van der Waals surface area contributed by atoms with Crippen LogP contribution in [0.4, 0.5) is 8.78 Å². The maximum Gasteiger partial charge on any atom is 0.298 e. The van der Waals surface area contributed by atoms with Gasteiger partial charge in [0.2, 0.25) is 15.9 Å². The molecule has 2 saturated heterocycles. The van der Waals surface area contributed by atoms with Gasteiger partial charge in [-0.15, -0.1) is 0 Å². The third kappa shape index (κ3) is 6.16. The van der Waals surface area contributed by atoms with Gasteiger partial charge in [0.05, 0.1) is 11.5 Å². The number of carbonyl (C=O) groups is 1. The quantitative estimate of drug-likeness (QED) is 0.411. The average molecular weight is 627 g/mol. The third-order valence-electron chi connectivity index (χ3n) is 8.23. The van der Waals surface area contributed by atoms with Crippen LogP contribution in [0.15, 0.2) is 57.9 Å². The molecule has 11 heteroatoms. The Labute approximate surface area is 236 Å². The summed E-state index contributed by atoms with van der Waals surface area (Å²) in [6.07, 6.45) is 6.94. The van der Waals surface area contributed by atoms with Gasteiger partial charge < -0.3 is 15.4 Å². The van der Waals surface area contributed by atoms with Crippen molar-refractivity contribution in [2.75, 3.05) is 6.61 Å². The lowest BCUT2D eigenvalue weighted by Crippen LogP contribution is -2.60. The number of nitrogens with one attached hydrogen (secondary N) is 1. The molecule has 0 aromatic heterocycles. The molecule has 3 N–H and O–H groups in total. The summed E-state index contributed by atoms with van der Waals surface area (Å²) in [6, 6.07) is 7.92. The van der Waals surface area contributed by atoms with Crippen LogP contribution >= 0.6 is 15.9 Å². The molecular formula is C28H34BrF2N3O4S. The first-order chi connectivity index (χ1) is 18.5. The Bertz CT molecular complexity index is 1260. The molecule has 3 atom stereocenters. The summed E-state index contributed by atoms with van der Waals surface area (Å²) in [5.74, 6) is -3.74. The largest absolute Gasteiger partial charge is 0.493 e. The van der Waals surface area contributed by atoms with Crippen LogP contribution in [0.1, 0.15) is 56.9 Å². The van der Waals surface area contributed by atoms with Crippen LogP contribution in [0, 0.1) is 5.92 Å². The summed E-state index contributed by atoms with van der Waals surface area (Å²) < 4.78 is 67.3. The fourth-order valence-corrected chi connectivity index (χ4v) is 7.63. The van der Waals surface area contributed by atoms with E-state index in [1.165, 1.54) is 66.3 Å². The molecule has 2 bridgehead atoms. The van der Waals surface area contributed by atoms with Crippen LogP contribution < -0.4 is 15.2 Å². The van der Waals surface area contributed by atoms with Gasteiger partial charge in [0.15, 0.2) is 6.04 Å². The molecule has 212 valence electrons. The van der Waals surface area contributed by atoms with E-state index in [0.29, 0.717) is 48.4 Å². The Morgan fingerprint density at radius 1 is 1.03 bits per heavy atom. The van der Waals surface area contributed by atoms with Crippen LogP contribution in [0.5, 0.6) is 5.75 Å². The lowest BCUT2D eigenvalue weighted by Gasteiger charge is -2.41. The zero-order valence-electron chi connectivity index (χ0n) is 21.6. The third-order valence-corrected chi connectivity index (χ3v) is 10.2. The van der Waals surface area contributed by atoms with Crippen molar-refractivity contribution < 1.29 is 26.7 Å². The van der Waals surface area contributed by atoms with E-state index in [-0.39, 0.29) is 23.0 Å². The summed E-state index contributed by atoms with van der Waals surface area (Å²) in [5, 5.41) is 0. The van der Waals surface area contributed by atoms with Gasteiger partial charge in [-0.2, -0.15) is 13.5 Å². The molecule has 1 saturated carbocycles. The van der Waals surface area contributed by atoms with Crippen LogP contribution in [-0.4, -0.2) is 50.0 Å². The smallest absolute Gasteiger partial charge is 0.298 e. The van der Waals surface area contributed by atoms with Gasteiger partial charge in [0.1, 0.15) is 5.75 Å². The lowest BCUT2D eigenvalue weighted by atomic mass is 9.95. The SMILES string of the molecule is NC1CC2CCC(C1)N2C(=O)C(NS(=O)(=O)c1ccc(OCC2CCCC2)cc1)C(F)(F)c1ccc(Br)cc1. The monoisotopic (exact) mass is 625 g/mol. The second-order valence-corrected chi connectivity index (χ2v) is 13.6. The topological polar surface area (TPSA) is 102 Å². The van der Waals surface area contributed by atoms with E-state index in [1.54, 1.807) is 0 Å². The highest BCUT2D eigenvalue weighted by Crippen LogP contribution is 2.40. The zero-order chi connectivity index (χ0) is 27.8. The number of nitrogens with two attached hydrogens (primary N) is 1. The van der Waals surface area contributed by atoms with Gasteiger partial charge in [0.25, 0.3) is 5.92 Å². The van der Waals surface area contributed by atoms with Gasteiger partial charge in [-0.3, -0.25) is 4.79 Å². The lowest BCUT2D eigenvalue weighted by molar-refractivity contribution is -0.149. The Morgan fingerprint density at radius 2 is 1.62 bits per heavy atom. The van der Waals surface area contributed by atoms with Gasteiger partial charge >= 0.3 is 0 Å². The molecule has 0 radical (unpaired) electrons. The van der Waals surface area contributed by atoms with Crippen LogP contribution in [-0.2, 0) is 20.7 Å². The summed E-state index contributed by atoms with van der Waals surface area (Å²) in [7, 11) is -4.48. The van der Waals surface area contributed by atoms with Gasteiger partial charge in [-0.1, -0.05) is 40.9 Å². The maximum atomic E-state index is 16.0. The number of hydrogen-bond acceptors (Lipinski definition) is 5. The predicted molar refractivity (Wildman–Crippen MR) is 147 cm³/mol. The molecule has 0 spiro atoms. The Morgan fingerprint density at radius 3 is 2.21 bits per heavy atom. The molecule has 2 aliphatic heterocycles. The zero-order valence-corrected chi connectivity index (χ0v) is 24.0. The molecule has 3 unspecified atom stereocenters. The number of sulfonamides is 1. The van der Waals surface area contributed by atoms with Crippen molar-refractivity contribution >= 4 is 31.9 Å². The predicted octanol–water partition coefficient (Wildman–Crippen LogP) is 4.94. The van der Waals surface area contributed by atoms with E-state index in [2.05, 4.69) is 20.7 Å². The second-order valence-electron chi connectivity index (χ2n) is 11.0. The number of piperidine rings is 1. The highest BCUT2D eigenvalue weighted by atomic mass is 79.9. The minimum atomic E-state index is -4.48. The molecule has 1 aliphatic carbocycles. The van der Waals surface area contributed by atoms with Crippen molar-refractivity contribution in [1.82, 2.24) is 9.62 Å². The molecule has 1 amide bonds. The van der Waals surface area contributed by atoms with E-state index in [9.17, 15) is 13.2 Å². The number of carbonyl (C=O) groups excluding carboxylic acids is 1. The fraction of sp³-hybridized carbons (Fsp3) is 0.536. The maximum absolute atomic E-state index is 16.0. The first kappa shape index (κ1) is 28.4. The van der Waals surface area contributed by atoms with Crippen molar-refractivity contribution in [3.63, 3.8) is 0 Å². The molecule has 39 heavy (non-hydrogen) atoms. The normalized spacial score (nSPS) is 24.6. The van der Waals surface area contributed by atoms with Crippen LogP contribution in [0.2, 0.25) is 0 Å². The number of halogens is 3. The number of alkyl halides is 2. The number of ether oxygens (including phenoxy) is 1. The summed E-state index contributed by atoms with van der Waals surface area (Å²) in [5.41, 5.74) is 5.66. The Balaban J connectivity index is 1.40. The first-order valence-corrected chi connectivity index (χ1v) is 15.8. The molecule has 5 rings (SSSR count). The van der Waals surface area contributed by atoms with E-state index in [1.807, 2.05) is 0 Å². The summed E-state index contributed by atoms with van der Waals surface area (Å²) in [6.45, 7) is 0.558. The summed E-state index contributed by atoms with van der Waals surface area (Å²) >= 11 is 3.23. The summed E-state index contributed by atoms with van der Waals surface area (Å²) in [4.78, 5) is 15.0. The average Bonchev–Trinajstić information content (AvgIpc) is 3.52. The van der Waals surface area contributed by atoms with E-state index >= 15 is 8.78 Å². The van der Waals surface area contributed by atoms with Crippen LogP contribution in [0.25, 0.3) is 0 Å². The van der Waals surface area contributed by atoms with E-state index in [4.69, 9.17) is 10.5 Å².